The zero-order valence-corrected chi connectivity index (χ0v) is 7.47. The number of amides is 1. The second-order valence-electron chi connectivity index (χ2n) is 2.51. The lowest BCUT2D eigenvalue weighted by molar-refractivity contribution is -0.130. The van der Waals surface area contributed by atoms with E-state index in [2.05, 4.69) is 6.92 Å². The molecule has 0 atom stereocenters. The summed E-state index contributed by atoms with van der Waals surface area (Å²) >= 11 is 0. The highest BCUT2D eigenvalue weighted by atomic mass is 16.2. The molecule has 0 aliphatic heterocycles. The summed E-state index contributed by atoms with van der Waals surface area (Å²) < 4.78 is 0. The van der Waals surface area contributed by atoms with Crippen molar-refractivity contribution in [3.8, 4) is 0 Å². The Morgan fingerprint density at radius 3 is 2.45 bits per heavy atom. The molecule has 0 spiro atoms. The van der Waals surface area contributed by atoms with Gasteiger partial charge in [-0.25, -0.2) is 0 Å². The van der Waals surface area contributed by atoms with Gasteiger partial charge in [0, 0.05) is 26.1 Å². The predicted molar refractivity (Wildman–Crippen MR) is 46.2 cm³/mol. The van der Waals surface area contributed by atoms with Crippen LogP contribution in [0.15, 0.2) is 0 Å². The van der Waals surface area contributed by atoms with Gasteiger partial charge in [0.15, 0.2) is 0 Å². The van der Waals surface area contributed by atoms with Gasteiger partial charge in [0.05, 0.1) is 0 Å². The molecule has 0 aromatic heterocycles. The van der Waals surface area contributed by atoms with Gasteiger partial charge in [-0.15, -0.1) is 0 Å². The van der Waals surface area contributed by atoms with Crippen LogP contribution in [0.2, 0.25) is 0 Å². The van der Waals surface area contributed by atoms with Gasteiger partial charge in [-0.05, 0) is 13.3 Å². The van der Waals surface area contributed by atoms with E-state index < -0.39 is 0 Å². The fourth-order valence-corrected chi connectivity index (χ4v) is 1.01. The van der Waals surface area contributed by atoms with Crippen molar-refractivity contribution in [2.45, 2.75) is 26.7 Å². The van der Waals surface area contributed by atoms with Gasteiger partial charge in [-0.1, -0.05) is 6.92 Å². The topological polar surface area (TPSA) is 46.3 Å². The number of carbonyl (C=O) groups excluding carboxylic acids is 1. The number of hydrogen-bond donors (Lipinski definition) is 1. The molecule has 0 rings (SSSR count). The van der Waals surface area contributed by atoms with Crippen molar-refractivity contribution in [2.75, 3.05) is 19.6 Å². The number of carbonyl (C=O) groups is 1. The minimum atomic E-state index is 0.178. The van der Waals surface area contributed by atoms with Crippen LogP contribution in [0.4, 0.5) is 0 Å². The van der Waals surface area contributed by atoms with Gasteiger partial charge < -0.3 is 10.6 Å². The highest BCUT2D eigenvalue weighted by Gasteiger charge is 2.07. The standard InChI is InChI=1S/C8H18N2O/c1-3-7-10(4-2)8(11)5-6-9/h3-7,9H2,1-2H3. The summed E-state index contributed by atoms with van der Waals surface area (Å²) in [4.78, 5) is 13.1. The molecule has 0 heterocycles. The van der Waals surface area contributed by atoms with Gasteiger partial charge >= 0.3 is 0 Å². The molecule has 3 heteroatoms. The second kappa shape index (κ2) is 6.16. The molecule has 0 aromatic rings. The summed E-state index contributed by atoms with van der Waals surface area (Å²) in [6.07, 6.45) is 1.50. The predicted octanol–water partition coefficient (Wildman–Crippen LogP) is 0.594. The second-order valence-corrected chi connectivity index (χ2v) is 2.51. The SMILES string of the molecule is CCCN(CC)C(=O)CCN. The summed E-state index contributed by atoms with van der Waals surface area (Å²) in [5.41, 5.74) is 5.27. The average molecular weight is 158 g/mol. The zero-order valence-electron chi connectivity index (χ0n) is 7.47. The van der Waals surface area contributed by atoms with Crippen LogP contribution in [0, 0.1) is 0 Å². The van der Waals surface area contributed by atoms with E-state index in [0.29, 0.717) is 13.0 Å². The zero-order chi connectivity index (χ0) is 8.69. The Balaban J connectivity index is 3.71. The molecule has 0 bridgehead atoms. The van der Waals surface area contributed by atoms with Crippen LogP contribution in [0.3, 0.4) is 0 Å². The molecule has 66 valence electrons. The van der Waals surface area contributed by atoms with Gasteiger partial charge in [0.2, 0.25) is 5.91 Å². The maximum Gasteiger partial charge on any atom is 0.223 e. The van der Waals surface area contributed by atoms with E-state index >= 15 is 0 Å². The molecule has 2 N–H and O–H groups in total. The van der Waals surface area contributed by atoms with Crippen LogP contribution >= 0.6 is 0 Å². The third kappa shape index (κ3) is 3.98. The first-order valence-electron chi connectivity index (χ1n) is 4.24. The minimum absolute atomic E-state index is 0.178. The summed E-state index contributed by atoms with van der Waals surface area (Å²) in [6.45, 7) is 6.17. The number of nitrogens with zero attached hydrogens (tertiary/aromatic N) is 1. The average Bonchev–Trinajstić information content (AvgIpc) is 2.00. The Morgan fingerprint density at radius 1 is 1.45 bits per heavy atom. The van der Waals surface area contributed by atoms with Gasteiger partial charge in [-0.2, -0.15) is 0 Å². The van der Waals surface area contributed by atoms with E-state index in [1.807, 2.05) is 11.8 Å². The van der Waals surface area contributed by atoms with Gasteiger partial charge in [0.1, 0.15) is 0 Å². The molecule has 3 nitrogen and oxygen atoms in total. The first-order chi connectivity index (χ1) is 5.26. The molecule has 0 aromatic carbocycles. The third-order valence-electron chi connectivity index (χ3n) is 1.59. The van der Waals surface area contributed by atoms with Crippen molar-refractivity contribution in [1.29, 1.82) is 0 Å². The summed E-state index contributed by atoms with van der Waals surface area (Å²) in [6, 6.07) is 0. The smallest absolute Gasteiger partial charge is 0.223 e. The first kappa shape index (κ1) is 10.4. The highest BCUT2D eigenvalue weighted by Crippen LogP contribution is 1.94. The number of nitrogens with two attached hydrogens (primary N) is 1. The fraction of sp³-hybridized carbons (Fsp3) is 0.875. The van der Waals surface area contributed by atoms with Crippen LogP contribution < -0.4 is 5.73 Å². The largest absolute Gasteiger partial charge is 0.343 e. The molecule has 0 unspecified atom stereocenters. The molecular formula is C8H18N2O. The Kier molecular flexibility index (Phi) is 5.84. The molecule has 0 aliphatic rings. The molecule has 0 radical (unpaired) electrons. The van der Waals surface area contributed by atoms with Crippen LogP contribution in [-0.2, 0) is 4.79 Å². The van der Waals surface area contributed by atoms with Crippen molar-refractivity contribution in [3.63, 3.8) is 0 Å². The summed E-state index contributed by atoms with van der Waals surface area (Å²) in [5, 5.41) is 0. The van der Waals surface area contributed by atoms with Crippen molar-refractivity contribution >= 4 is 5.91 Å². The van der Waals surface area contributed by atoms with Gasteiger partial charge in [-0.3, -0.25) is 4.79 Å². The van der Waals surface area contributed by atoms with E-state index in [1.165, 1.54) is 0 Å². The molecule has 0 saturated carbocycles. The highest BCUT2D eigenvalue weighted by molar-refractivity contribution is 5.76. The van der Waals surface area contributed by atoms with Crippen LogP contribution in [0.5, 0.6) is 0 Å². The molecule has 11 heavy (non-hydrogen) atoms. The maximum atomic E-state index is 11.2. The van der Waals surface area contributed by atoms with E-state index in [1.54, 1.807) is 0 Å². The van der Waals surface area contributed by atoms with Crippen LogP contribution in [-0.4, -0.2) is 30.4 Å². The summed E-state index contributed by atoms with van der Waals surface area (Å²) in [7, 11) is 0. The van der Waals surface area contributed by atoms with Crippen LogP contribution in [0.25, 0.3) is 0 Å². The van der Waals surface area contributed by atoms with Crippen molar-refractivity contribution < 1.29 is 4.79 Å². The van der Waals surface area contributed by atoms with Crippen molar-refractivity contribution in [3.05, 3.63) is 0 Å². The first-order valence-corrected chi connectivity index (χ1v) is 4.24. The maximum absolute atomic E-state index is 11.2. The molecule has 0 saturated heterocycles. The summed E-state index contributed by atoms with van der Waals surface area (Å²) in [5.74, 6) is 0.178. The lowest BCUT2D eigenvalue weighted by atomic mass is 10.3. The normalized spacial score (nSPS) is 9.73. The third-order valence-corrected chi connectivity index (χ3v) is 1.59. The molecular weight excluding hydrogens is 140 g/mol. The van der Waals surface area contributed by atoms with E-state index in [0.717, 1.165) is 19.5 Å². The quantitative estimate of drug-likeness (QED) is 0.636. The van der Waals surface area contributed by atoms with E-state index in [-0.39, 0.29) is 5.91 Å². The minimum Gasteiger partial charge on any atom is -0.343 e. The van der Waals surface area contributed by atoms with E-state index in [4.69, 9.17) is 5.73 Å². The fourth-order valence-electron chi connectivity index (χ4n) is 1.01. The lowest BCUT2D eigenvalue weighted by Gasteiger charge is -2.19. The van der Waals surface area contributed by atoms with Crippen LogP contribution in [0.1, 0.15) is 26.7 Å². The van der Waals surface area contributed by atoms with E-state index in [9.17, 15) is 4.79 Å². The molecule has 0 fully saturated rings. The number of rotatable bonds is 5. The Bertz CT molecular complexity index is 115. The molecule has 0 aliphatic carbocycles. The Hall–Kier alpha value is -0.570. The molecule has 1 amide bonds. The lowest BCUT2D eigenvalue weighted by Crippen LogP contribution is -2.32. The van der Waals surface area contributed by atoms with Crippen molar-refractivity contribution in [2.24, 2.45) is 5.73 Å². The number of hydrogen-bond acceptors (Lipinski definition) is 2. The Labute approximate surface area is 68.6 Å². The monoisotopic (exact) mass is 158 g/mol. The van der Waals surface area contributed by atoms with Crippen molar-refractivity contribution in [1.82, 2.24) is 4.90 Å². The van der Waals surface area contributed by atoms with Gasteiger partial charge in [0.25, 0.3) is 0 Å². The Morgan fingerprint density at radius 2 is 2.09 bits per heavy atom.